The molecule has 0 spiro atoms. The summed E-state index contributed by atoms with van der Waals surface area (Å²) in [6.07, 6.45) is 2.90. The van der Waals surface area contributed by atoms with Crippen LogP contribution in [-0.4, -0.2) is 44.7 Å². The maximum atomic E-state index is 13.2. The van der Waals surface area contributed by atoms with Crippen LogP contribution in [0.2, 0.25) is 0 Å². The van der Waals surface area contributed by atoms with E-state index in [1.165, 1.54) is 23.3 Å². The molecule has 29 heavy (non-hydrogen) atoms. The first kappa shape index (κ1) is 21.4. The molecule has 0 aromatic heterocycles. The first-order valence-corrected chi connectivity index (χ1v) is 11.9. The number of carbonyl (C=O) groups excluding carboxylic acids is 1. The quantitative estimate of drug-likeness (QED) is 0.718. The zero-order chi connectivity index (χ0) is 21.2. The summed E-state index contributed by atoms with van der Waals surface area (Å²) in [6.45, 7) is 7.18. The lowest BCUT2D eigenvalue weighted by Gasteiger charge is -2.20. The summed E-state index contributed by atoms with van der Waals surface area (Å²) in [5.74, 6) is 0.658. The van der Waals surface area contributed by atoms with Crippen molar-refractivity contribution in [2.24, 2.45) is 5.92 Å². The van der Waals surface area contributed by atoms with Gasteiger partial charge in [-0.05, 0) is 63.3 Å². The van der Waals surface area contributed by atoms with Gasteiger partial charge in [0, 0.05) is 19.3 Å². The third kappa shape index (κ3) is 5.38. The number of likely N-dealkylation sites (tertiary alicyclic amines) is 1. The van der Waals surface area contributed by atoms with Gasteiger partial charge >= 0.3 is 0 Å². The smallest absolute Gasteiger partial charge is 0.257 e. The van der Waals surface area contributed by atoms with Gasteiger partial charge in [0.1, 0.15) is 5.75 Å². The summed E-state index contributed by atoms with van der Waals surface area (Å²) >= 11 is 0. The van der Waals surface area contributed by atoms with Gasteiger partial charge in [0.15, 0.2) is 9.84 Å². The lowest BCUT2D eigenvalue weighted by atomic mass is 9.98. The van der Waals surface area contributed by atoms with Crippen LogP contribution in [0.25, 0.3) is 0 Å². The Bertz CT molecular complexity index is 998. The van der Waals surface area contributed by atoms with Crippen LogP contribution < -0.4 is 4.74 Å². The molecule has 6 heteroatoms. The first-order valence-electron chi connectivity index (χ1n) is 9.99. The molecule has 0 aliphatic carbocycles. The molecule has 1 aliphatic rings. The summed E-state index contributed by atoms with van der Waals surface area (Å²) in [5, 5.41) is 0. The fourth-order valence-corrected chi connectivity index (χ4v) is 4.44. The van der Waals surface area contributed by atoms with E-state index >= 15 is 0 Å². The molecule has 1 atom stereocenters. The van der Waals surface area contributed by atoms with E-state index in [1.54, 1.807) is 6.07 Å². The van der Waals surface area contributed by atoms with E-state index in [0.29, 0.717) is 30.3 Å². The lowest BCUT2D eigenvalue weighted by Crippen LogP contribution is -2.30. The largest absolute Gasteiger partial charge is 0.490 e. The van der Waals surface area contributed by atoms with Crippen LogP contribution in [0.4, 0.5) is 0 Å². The number of nitrogens with zero attached hydrogens (tertiary/aromatic N) is 1. The molecule has 1 fully saturated rings. The molecule has 1 unspecified atom stereocenters. The van der Waals surface area contributed by atoms with Gasteiger partial charge in [-0.1, -0.05) is 29.8 Å². The van der Waals surface area contributed by atoms with Crippen LogP contribution in [0, 0.1) is 12.8 Å². The van der Waals surface area contributed by atoms with Crippen molar-refractivity contribution in [3.63, 3.8) is 0 Å². The second-order valence-electron chi connectivity index (χ2n) is 8.20. The Balaban J connectivity index is 1.80. The van der Waals surface area contributed by atoms with Gasteiger partial charge in [-0.15, -0.1) is 0 Å². The maximum absolute atomic E-state index is 13.2. The topological polar surface area (TPSA) is 63.7 Å². The van der Waals surface area contributed by atoms with E-state index in [2.05, 4.69) is 31.2 Å². The van der Waals surface area contributed by atoms with Crippen molar-refractivity contribution in [3.8, 4) is 5.75 Å². The molecule has 0 saturated carbocycles. The highest BCUT2D eigenvalue weighted by Gasteiger charge is 2.29. The normalized spacial score (nSPS) is 17.0. The summed E-state index contributed by atoms with van der Waals surface area (Å²) in [5.41, 5.74) is 2.84. The second-order valence-corrected chi connectivity index (χ2v) is 10.2. The molecular formula is C23H29NO4S. The first-order chi connectivity index (χ1) is 13.6. The number of aryl methyl sites for hydroxylation is 1. The van der Waals surface area contributed by atoms with E-state index < -0.39 is 9.84 Å². The Labute approximate surface area is 173 Å². The Kier molecular flexibility index (Phi) is 6.32. The van der Waals surface area contributed by atoms with Crippen LogP contribution in [0.15, 0.2) is 47.4 Å². The Morgan fingerprint density at radius 2 is 1.97 bits per heavy atom. The monoisotopic (exact) mass is 415 g/mol. The highest BCUT2D eigenvalue weighted by molar-refractivity contribution is 7.90. The van der Waals surface area contributed by atoms with Crippen LogP contribution in [0.3, 0.4) is 0 Å². The average Bonchev–Trinajstić information content (AvgIpc) is 3.08. The van der Waals surface area contributed by atoms with Crippen LogP contribution in [0.5, 0.6) is 5.75 Å². The number of benzene rings is 2. The fraction of sp³-hybridized carbons (Fsp3) is 0.435. The molecule has 5 nitrogen and oxygen atoms in total. The predicted octanol–water partition coefficient (Wildman–Crippen LogP) is 3.89. The van der Waals surface area contributed by atoms with E-state index in [1.807, 2.05) is 18.7 Å². The van der Waals surface area contributed by atoms with Crippen molar-refractivity contribution in [2.75, 3.05) is 19.3 Å². The molecule has 1 heterocycles. The number of hydrogen-bond donors (Lipinski definition) is 0. The van der Waals surface area contributed by atoms with Crippen LogP contribution in [-0.2, 0) is 16.3 Å². The molecule has 1 saturated heterocycles. The number of sulfone groups is 1. The van der Waals surface area contributed by atoms with Crippen molar-refractivity contribution in [1.82, 2.24) is 4.90 Å². The molecular weight excluding hydrogens is 386 g/mol. The van der Waals surface area contributed by atoms with Crippen LogP contribution >= 0.6 is 0 Å². The molecule has 3 rings (SSSR count). The Morgan fingerprint density at radius 1 is 1.21 bits per heavy atom. The third-order valence-electron chi connectivity index (χ3n) is 5.15. The molecule has 2 aromatic carbocycles. The van der Waals surface area contributed by atoms with Crippen molar-refractivity contribution < 1.29 is 17.9 Å². The van der Waals surface area contributed by atoms with Crippen molar-refractivity contribution in [1.29, 1.82) is 0 Å². The number of ether oxygens (including phenoxy) is 1. The minimum absolute atomic E-state index is 0.113. The van der Waals surface area contributed by atoms with Gasteiger partial charge in [0.2, 0.25) is 0 Å². The third-order valence-corrected chi connectivity index (χ3v) is 6.26. The Morgan fingerprint density at radius 3 is 2.62 bits per heavy atom. The van der Waals surface area contributed by atoms with Crippen molar-refractivity contribution in [3.05, 3.63) is 59.2 Å². The SMILES string of the molecule is Cc1cccc(CC2CCN(C(=O)c3cc(S(C)(=O)=O)ccc3OC(C)C)C2)c1. The number of rotatable bonds is 6. The van der Waals surface area contributed by atoms with Crippen molar-refractivity contribution >= 4 is 15.7 Å². The highest BCUT2D eigenvalue weighted by Crippen LogP contribution is 2.28. The molecule has 0 radical (unpaired) electrons. The standard InChI is InChI=1S/C23H29NO4S/c1-16(2)28-22-9-8-20(29(4,26)27)14-21(22)23(25)24-11-10-19(15-24)13-18-7-5-6-17(3)12-18/h5-9,12,14,16,19H,10-11,13,15H2,1-4H3. The van der Waals surface area contributed by atoms with Gasteiger partial charge < -0.3 is 9.64 Å². The number of hydrogen-bond acceptors (Lipinski definition) is 4. The van der Waals surface area contributed by atoms with Crippen molar-refractivity contribution in [2.45, 2.75) is 44.6 Å². The second kappa shape index (κ2) is 8.57. The number of amides is 1. The van der Waals surface area contributed by atoms with Gasteiger partial charge in [0.05, 0.1) is 16.6 Å². The minimum atomic E-state index is -3.41. The Hall–Kier alpha value is -2.34. The molecule has 0 N–H and O–H groups in total. The zero-order valence-electron chi connectivity index (χ0n) is 17.5. The molecule has 2 aromatic rings. The van der Waals surface area contributed by atoms with E-state index in [-0.39, 0.29) is 16.9 Å². The van der Waals surface area contributed by atoms with E-state index in [4.69, 9.17) is 4.74 Å². The molecule has 0 bridgehead atoms. The minimum Gasteiger partial charge on any atom is -0.490 e. The average molecular weight is 416 g/mol. The molecule has 1 amide bonds. The highest BCUT2D eigenvalue weighted by atomic mass is 32.2. The number of carbonyl (C=O) groups is 1. The molecule has 156 valence electrons. The summed E-state index contributed by atoms with van der Waals surface area (Å²) in [6, 6.07) is 13.0. The van der Waals surface area contributed by atoms with Gasteiger partial charge in [0.25, 0.3) is 5.91 Å². The molecule has 1 aliphatic heterocycles. The fourth-order valence-electron chi connectivity index (χ4n) is 3.79. The summed E-state index contributed by atoms with van der Waals surface area (Å²) < 4.78 is 29.7. The zero-order valence-corrected chi connectivity index (χ0v) is 18.3. The van der Waals surface area contributed by atoms with Gasteiger partial charge in [-0.2, -0.15) is 0 Å². The predicted molar refractivity (Wildman–Crippen MR) is 114 cm³/mol. The van der Waals surface area contributed by atoms with Crippen LogP contribution in [0.1, 0.15) is 41.8 Å². The summed E-state index contributed by atoms with van der Waals surface area (Å²) in [4.78, 5) is 15.2. The van der Waals surface area contributed by atoms with Gasteiger partial charge in [-0.3, -0.25) is 4.79 Å². The van der Waals surface area contributed by atoms with E-state index in [0.717, 1.165) is 19.1 Å². The lowest BCUT2D eigenvalue weighted by molar-refractivity contribution is 0.0780. The van der Waals surface area contributed by atoms with E-state index in [9.17, 15) is 13.2 Å². The summed E-state index contributed by atoms with van der Waals surface area (Å²) in [7, 11) is -3.41. The van der Waals surface area contributed by atoms with Gasteiger partial charge in [-0.25, -0.2) is 8.42 Å². The maximum Gasteiger partial charge on any atom is 0.257 e.